The Morgan fingerprint density at radius 2 is 2.31 bits per heavy atom. The maximum atomic E-state index is 13.4. The van der Waals surface area contributed by atoms with E-state index in [1.165, 1.54) is 12.1 Å². The van der Waals surface area contributed by atoms with Crippen molar-refractivity contribution >= 4 is 5.84 Å². The predicted octanol–water partition coefficient (Wildman–Crippen LogP) is 2.10. The lowest BCUT2D eigenvalue weighted by molar-refractivity contribution is 0.304. The monoisotopic (exact) mass is 226 g/mol. The van der Waals surface area contributed by atoms with Crippen LogP contribution in [0.15, 0.2) is 23.4 Å². The molecule has 0 saturated heterocycles. The molecule has 0 radical (unpaired) electrons. The van der Waals surface area contributed by atoms with Gasteiger partial charge in [0.25, 0.3) is 0 Å². The Kier molecular flexibility index (Phi) is 4.57. The van der Waals surface area contributed by atoms with Crippen LogP contribution in [0.3, 0.4) is 0 Å². The third kappa shape index (κ3) is 2.85. The molecule has 0 bridgehead atoms. The summed E-state index contributed by atoms with van der Waals surface area (Å²) < 4.78 is 18.8. The lowest BCUT2D eigenvalue weighted by atomic mass is 10.1. The molecule has 88 valence electrons. The summed E-state index contributed by atoms with van der Waals surface area (Å²) in [5.74, 6) is -0.558. The van der Waals surface area contributed by atoms with E-state index in [-0.39, 0.29) is 11.4 Å². The summed E-state index contributed by atoms with van der Waals surface area (Å²) in [5, 5.41) is 11.3. The summed E-state index contributed by atoms with van der Waals surface area (Å²) in [6, 6.07) is 4.34. The first-order chi connectivity index (χ1) is 7.70. The van der Waals surface area contributed by atoms with Crippen LogP contribution in [0.5, 0.6) is 5.75 Å². The molecule has 0 aromatic heterocycles. The van der Waals surface area contributed by atoms with Crippen LogP contribution in [0.25, 0.3) is 0 Å². The van der Waals surface area contributed by atoms with Gasteiger partial charge >= 0.3 is 0 Å². The molecular weight excluding hydrogens is 211 g/mol. The number of hydrogen-bond acceptors (Lipinski definition) is 3. The zero-order chi connectivity index (χ0) is 12.0. The number of nitrogens with zero attached hydrogens (tertiary/aromatic N) is 1. The van der Waals surface area contributed by atoms with E-state index in [0.29, 0.717) is 12.4 Å². The maximum Gasteiger partial charge on any atom is 0.176 e. The number of unbranched alkanes of at least 4 members (excludes halogenated alkanes) is 1. The van der Waals surface area contributed by atoms with Gasteiger partial charge in [-0.05, 0) is 18.6 Å². The van der Waals surface area contributed by atoms with Crippen molar-refractivity contribution < 1.29 is 14.3 Å². The van der Waals surface area contributed by atoms with Crippen molar-refractivity contribution in [2.75, 3.05) is 6.61 Å². The van der Waals surface area contributed by atoms with Crippen molar-refractivity contribution in [3.63, 3.8) is 0 Å². The molecule has 0 aliphatic rings. The Labute approximate surface area is 93.5 Å². The summed E-state index contributed by atoms with van der Waals surface area (Å²) in [6.07, 6.45) is 1.85. The van der Waals surface area contributed by atoms with E-state index in [2.05, 4.69) is 5.16 Å². The molecule has 0 aliphatic heterocycles. The van der Waals surface area contributed by atoms with Crippen LogP contribution in [0.2, 0.25) is 0 Å². The molecule has 0 aliphatic carbocycles. The van der Waals surface area contributed by atoms with Crippen molar-refractivity contribution in [3.8, 4) is 5.75 Å². The molecule has 0 unspecified atom stereocenters. The van der Waals surface area contributed by atoms with Gasteiger partial charge in [-0.1, -0.05) is 24.6 Å². The molecule has 0 saturated carbocycles. The molecule has 0 fully saturated rings. The van der Waals surface area contributed by atoms with Crippen LogP contribution < -0.4 is 10.5 Å². The number of nitrogens with two attached hydrogens (primary N) is 1. The summed E-state index contributed by atoms with van der Waals surface area (Å²) >= 11 is 0. The van der Waals surface area contributed by atoms with Crippen LogP contribution in [-0.2, 0) is 0 Å². The smallest absolute Gasteiger partial charge is 0.176 e. The Morgan fingerprint density at radius 3 is 2.94 bits per heavy atom. The van der Waals surface area contributed by atoms with Crippen molar-refractivity contribution in [3.05, 3.63) is 29.6 Å². The van der Waals surface area contributed by atoms with E-state index in [9.17, 15) is 4.39 Å². The summed E-state index contributed by atoms with van der Waals surface area (Å²) in [5.41, 5.74) is 5.38. The van der Waals surface area contributed by atoms with Gasteiger partial charge in [0.15, 0.2) is 5.84 Å². The predicted molar refractivity (Wildman–Crippen MR) is 59.3 cm³/mol. The minimum absolute atomic E-state index is 0.00102. The molecule has 4 nitrogen and oxygen atoms in total. The largest absolute Gasteiger partial charge is 0.493 e. The lowest BCUT2D eigenvalue weighted by Crippen LogP contribution is -2.17. The van der Waals surface area contributed by atoms with Crippen molar-refractivity contribution in [1.82, 2.24) is 0 Å². The molecule has 1 aromatic rings. The number of ether oxygens (including phenoxy) is 1. The molecule has 3 N–H and O–H groups in total. The molecule has 0 spiro atoms. The van der Waals surface area contributed by atoms with Gasteiger partial charge in [-0.15, -0.1) is 0 Å². The lowest BCUT2D eigenvalue weighted by Gasteiger charge is -2.10. The van der Waals surface area contributed by atoms with Gasteiger partial charge in [0.2, 0.25) is 0 Å². The van der Waals surface area contributed by atoms with E-state index in [1.54, 1.807) is 6.07 Å². The van der Waals surface area contributed by atoms with Gasteiger partial charge in [0.1, 0.15) is 11.6 Å². The highest BCUT2D eigenvalue weighted by atomic mass is 19.1. The second-order valence-corrected chi connectivity index (χ2v) is 3.30. The highest BCUT2D eigenvalue weighted by molar-refractivity contribution is 5.99. The number of benzene rings is 1. The number of oxime groups is 1. The molecule has 0 amide bonds. The second-order valence-electron chi connectivity index (χ2n) is 3.30. The highest BCUT2D eigenvalue weighted by Crippen LogP contribution is 2.21. The van der Waals surface area contributed by atoms with Crippen LogP contribution in [-0.4, -0.2) is 17.6 Å². The van der Waals surface area contributed by atoms with E-state index in [0.717, 1.165) is 12.8 Å². The third-order valence-electron chi connectivity index (χ3n) is 2.09. The van der Waals surface area contributed by atoms with E-state index in [1.807, 2.05) is 6.92 Å². The third-order valence-corrected chi connectivity index (χ3v) is 2.09. The quantitative estimate of drug-likeness (QED) is 0.265. The normalized spacial score (nSPS) is 11.5. The molecule has 0 heterocycles. The summed E-state index contributed by atoms with van der Waals surface area (Å²) in [7, 11) is 0. The highest BCUT2D eigenvalue weighted by Gasteiger charge is 2.13. The Balaban J connectivity index is 2.94. The van der Waals surface area contributed by atoms with Gasteiger partial charge in [0, 0.05) is 0 Å². The second kappa shape index (κ2) is 5.95. The van der Waals surface area contributed by atoms with E-state index < -0.39 is 5.82 Å². The molecule has 0 atom stereocenters. The van der Waals surface area contributed by atoms with Crippen LogP contribution in [0.4, 0.5) is 4.39 Å². The van der Waals surface area contributed by atoms with Crippen molar-refractivity contribution in [2.45, 2.75) is 19.8 Å². The first-order valence-electron chi connectivity index (χ1n) is 5.10. The summed E-state index contributed by atoms with van der Waals surface area (Å²) in [4.78, 5) is 0. The number of rotatable bonds is 5. The van der Waals surface area contributed by atoms with Crippen molar-refractivity contribution in [2.24, 2.45) is 10.9 Å². The van der Waals surface area contributed by atoms with Crippen LogP contribution >= 0.6 is 0 Å². The average Bonchev–Trinajstić information content (AvgIpc) is 2.29. The van der Waals surface area contributed by atoms with Gasteiger partial charge in [0.05, 0.1) is 12.2 Å². The number of halogens is 1. The van der Waals surface area contributed by atoms with E-state index in [4.69, 9.17) is 15.7 Å². The Bertz CT molecular complexity index is 380. The standard InChI is InChI=1S/C11H15FN2O2/c1-2-3-7-16-9-6-4-5-8(12)10(9)11(13)14-15/h4-6,15H,2-3,7H2,1H3,(H2,13,14). The minimum atomic E-state index is -0.565. The first-order valence-corrected chi connectivity index (χ1v) is 5.10. The Morgan fingerprint density at radius 1 is 1.56 bits per heavy atom. The fraction of sp³-hybridized carbons (Fsp3) is 0.364. The fourth-order valence-corrected chi connectivity index (χ4v) is 1.25. The molecule has 16 heavy (non-hydrogen) atoms. The Hall–Kier alpha value is -1.78. The fourth-order valence-electron chi connectivity index (χ4n) is 1.25. The van der Waals surface area contributed by atoms with E-state index >= 15 is 0 Å². The molecule has 1 rings (SSSR count). The van der Waals surface area contributed by atoms with Crippen molar-refractivity contribution in [1.29, 1.82) is 0 Å². The SMILES string of the molecule is CCCCOc1cccc(F)c1C(N)=NO. The van der Waals surface area contributed by atoms with Crippen LogP contribution in [0, 0.1) is 5.82 Å². The number of amidine groups is 1. The summed E-state index contributed by atoms with van der Waals surface area (Å²) in [6.45, 7) is 2.51. The van der Waals surface area contributed by atoms with Crippen LogP contribution in [0.1, 0.15) is 25.3 Å². The van der Waals surface area contributed by atoms with Gasteiger partial charge in [-0.2, -0.15) is 0 Å². The molecule has 5 heteroatoms. The van der Waals surface area contributed by atoms with Gasteiger partial charge in [-0.25, -0.2) is 4.39 Å². The van der Waals surface area contributed by atoms with Gasteiger partial charge < -0.3 is 15.7 Å². The zero-order valence-corrected chi connectivity index (χ0v) is 9.11. The first kappa shape index (κ1) is 12.3. The number of hydrogen-bond donors (Lipinski definition) is 2. The molecular formula is C11H15FN2O2. The van der Waals surface area contributed by atoms with Gasteiger partial charge in [-0.3, -0.25) is 0 Å². The topological polar surface area (TPSA) is 67.8 Å². The average molecular weight is 226 g/mol. The maximum absolute atomic E-state index is 13.4. The minimum Gasteiger partial charge on any atom is -0.493 e. The molecule has 1 aromatic carbocycles. The zero-order valence-electron chi connectivity index (χ0n) is 9.11.